The molecule has 7 atom stereocenters. The number of likely N-dealkylation sites (tertiary alicyclic amines) is 1. The molecule has 0 aromatic heterocycles. The molecular weight excluding hydrogens is 420 g/mol. The van der Waals surface area contributed by atoms with Crippen LogP contribution in [0.3, 0.4) is 0 Å². The number of ether oxygens (including phenoxy) is 3. The van der Waals surface area contributed by atoms with Crippen LogP contribution < -0.4 is 0 Å². The number of allylic oxidation sites excluding steroid dienone is 1. The van der Waals surface area contributed by atoms with E-state index in [9.17, 15) is 9.90 Å². The van der Waals surface area contributed by atoms with Gasteiger partial charge in [-0.25, -0.2) is 4.79 Å². The number of likely N-dealkylation sites (N-methyl/N-ethyl adjacent to an activating group) is 1. The summed E-state index contributed by atoms with van der Waals surface area (Å²) in [6, 6.07) is 0. The minimum atomic E-state index is -0.802. The predicted octanol–water partition coefficient (Wildman–Crippen LogP) is 4.16. The van der Waals surface area contributed by atoms with E-state index in [1.54, 1.807) is 12.0 Å². The monoisotopic (exact) mass is 464 g/mol. The van der Waals surface area contributed by atoms with E-state index in [-0.39, 0.29) is 35.2 Å². The lowest BCUT2D eigenvalue weighted by Crippen LogP contribution is -2.65. The number of amides is 1. The Morgan fingerprint density at radius 1 is 1.27 bits per heavy atom. The van der Waals surface area contributed by atoms with Gasteiger partial charge in [0.15, 0.2) is 0 Å². The first-order chi connectivity index (χ1) is 15.7. The van der Waals surface area contributed by atoms with Gasteiger partial charge in [0, 0.05) is 32.0 Å². The molecule has 0 radical (unpaired) electrons. The molecule has 0 aromatic carbocycles. The molecule has 1 N–H and O–H groups in total. The van der Waals surface area contributed by atoms with Crippen LogP contribution in [0.4, 0.5) is 4.79 Å². The quantitative estimate of drug-likeness (QED) is 0.408. The molecule has 0 aromatic rings. The van der Waals surface area contributed by atoms with E-state index in [4.69, 9.17) is 14.2 Å². The largest absolute Gasteiger partial charge is 0.465 e. The summed E-state index contributed by atoms with van der Waals surface area (Å²) in [7, 11) is 1.80. The number of carboxylic acid groups (broad SMARTS) is 1. The lowest BCUT2D eigenvalue weighted by Gasteiger charge is -2.53. The molecule has 1 spiro atoms. The first-order valence-corrected chi connectivity index (χ1v) is 12.9. The molecule has 33 heavy (non-hydrogen) atoms. The molecule has 3 aliphatic heterocycles. The summed E-state index contributed by atoms with van der Waals surface area (Å²) in [6.45, 7) is 14.7. The van der Waals surface area contributed by atoms with Gasteiger partial charge in [-0.15, -0.1) is 0 Å². The smallest absolute Gasteiger partial charge is 0.407 e. The third-order valence-corrected chi connectivity index (χ3v) is 9.14. The molecule has 7 heteroatoms. The number of hydrogen-bond donors (Lipinski definition) is 1. The van der Waals surface area contributed by atoms with Gasteiger partial charge in [0.25, 0.3) is 0 Å². The van der Waals surface area contributed by atoms with Crippen molar-refractivity contribution < 1.29 is 24.1 Å². The normalized spacial score (nSPS) is 42.1. The minimum absolute atomic E-state index is 0.0986. The SMILES string of the molecule is CCN(CC)C[C@@]1([C@H]2CC[C@]3(CO3)[C@@H]([C@@]3(C)O[C@@H]3CC=C(C)C)[C@H]2OC)CCCN1C(=O)O. The van der Waals surface area contributed by atoms with Gasteiger partial charge in [-0.05, 0) is 66.0 Å². The van der Waals surface area contributed by atoms with E-state index in [1.807, 2.05) is 0 Å². The lowest BCUT2D eigenvalue weighted by molar-refractivity contribution is -0.124. The van der Waals surface area contributed by atoms with Crippen LogP contribution in [-0.4, -0.2) is 89.8 Å². The van der Waals surface area contributed by atoms with E-state index >= 15 is 0 Å². The van der Waals surface area contributed by atoms with E-state index in [0.29, 0.717) is 6.54 Å². The zero-order chi connectivity index (χ0) is 24.0. The standard InChI is InChI=1S/C26H44N2O5/c1-7-27(8-2)16-25(13-9-15-28(25)23(29)30)19-12-14-26(17-32-26)22(21(19)31-6)24(5)20(33-24)11-10-18(3)4/h10,19-22H,7-9,11-17H2,1-6H3,(H,29,30)/t19-,20+,21-,22+,24-,25+,26-/m0/s1. The van der Waals surface area contributed by atoms with E-state index in [2.05, 4.69) is 45.6 Å². The summed E-state index contributed by atoms with van der Waals surface area (Å²) in [6.07, 6.45) is 6.08. The fraction of sp³-hybridized carbons (Fsp3) is 0.885. The van der Waals surface area contributed by atoms with Gasteiger partial charge in [-0.3, -0.25) is 0 Å². The molecular formula is C26H44N2O5. The number of carbonyl (C=O) groups is 1. The highest BCUT2D eigenvalue weighted by Gasteiger charge is 2.73. The highest BCUT2D eigenvalue weighted by molar-refractivity contribution is 5.67. The third kappa shape index (κ3) is 4.24. The zero-order valence-electron chi connectivity index (χ0n) is 21.4. The maximum absolute atomic E-state index is 12.5. The molecule has 3 heterocycles. The Balaban J connectivity index is 1.69. The van der Waals surface area contributed by atoms with Crippen molar-refractivity contribution in [1.82, 2.24) is 9.80 Å². The highest BCUT2D eigenvalue weighted by Crippen LogP contribution is 2.62. The molecule has 1 amide bonds. The molecule has 188 valence electrons. The second-order valence-electron chi connectivity index (χ2n) is 11.1. The van der Waals surface area contributed by atoms with Gasteiger partial charge >= 0.3 is 6.09 Å². The van der Waals surface area contributed by atoms with Crippen LogP contribution in [0, 0.1) is 11.8 Å². The van der Waals surface area contributed by atoms with Crippen molar-refractivity contribution in [3.63, 3.8) is 0 Å². The summed E-state index contributed by atoms with van der Waals surface area (Å²) >= 11 is 0. The van der Waals surface area contributed by atoms with E-state index in [1.165, 1.54) is 5.57 Å². The summed E-state index contributed by atoms with van der Waals surface area (Å²) in [5.74, 6) is 0.223. The third-order valence-electron chi connectivity index (χ3n) is 9.14. The van der Waals surface area contributed by atoms with Crippen molar-refractivity contribution in [2.45, 2.75) is 95.7 Å². The molecule has 4 fully saturated rings. The zero-order valence-corrected chi connectivity index (χ0v) is 21.4. The average Bonchev–Trinajstić information content (AvgIpc) is 3.64. The molecule has 1 saturated carbocycles. The minimum Gasteiger partial charge on any atom is -0.465 e. The second-order valence-corrected chi connectivity index (χ2v) is 11.1. The first-order valence-electron chi connectivity index (χ1n) is 12.9. The number of rotatable bonds is 9. The molecule has 1 aliphatic carbocycles. The molecule has 3 saturated heterocycles. The number of hydrogen-bond acceptors (Lipinski definition) is 5. The van der Waals surface area contributed by atoms with Gasteiger partial charge in [0.1, 0.15) is 5.60 Å². The molecule has 7 nitrogen and oxygen atoms in total. The maximum atomic E-state index is 12.5. The molecule has 0 bridgehead atoms. The molecule has 4 rings (SSSR count). The number of nitrogens with zero attached hydrogens (tertiary/aromatic N) is 2. The second kappa shape index (κ2) is 9.14. The van der Waals surface area contributed by atoms with Crippen LogP contribution >= 0.6 is 0 Å². The van der Waals surface area contributed by atoms with Crippen molar-refractivity contribution in [1.29, 1.82) is 0 Å². The highest BCUT2D eigenvalue weighted by atomic mass is 16.6. The predicted molar refractivity (Wildman–Crippen MR) is 128 cm³/mol. The Morgan fingerprint density at radius 3 is 2.52 bits per heavy atom. The van der Waals surface area contributed by atoms with Crippen LogP contribution in [0.2, 0.25) is 0 Å². The average molecular weight is 465 g/mol. The number of epoxide rings is 2. The Kier molecular flexibility index (Phi) is 6.91. The molecule has 4 aliphatic rings. The summed E-state index contributed by atoms with van der Waals surface area (Å²) in [4.78, 5) is 16.6. The topological polar surface area (TPSA) is 78.1 Å². The van der Waals surface area contributed by atoms with E-state index < -0.39 is 11.6 Å². The Morgan fingerprint density at radius 2 is 1.97 bits per heavy atom. The van der Waals surface area contributed by atoms with Crippen molar-refractivity contribution in [2.24, 2.45) is 11.8 Å². The maximum Gasteiger partial charge on any atom is 0.407 e. The van der Waals surface area contributed by atoms with Crippen molar-refractivity contribution in [2.75, 3.05) is 39.9 Å². The first kappa shape index (κ1) is 25.0. The summed E-state index contributed by atoms with van der Waals surface area (Å²) < 4.78 is 18.9. The van der Waals surface area contributed by atoms with Crippen LogP contribution in [0.25, 0.3) is 0 Å². The lowest BCUT2D eigenvalue weighted by atomic mass is 9.60. The van der Waals surface area contributed by atoms with Gasteiger partial charge in [0.05, 0.1) is 30.0 Å². The van der Waals surface area contributed by atoms with Gasteiger partial charge in [0.2, 0.25) is 0 Å². The number of methoxy groups -OCH3 is 1. The van der Waals surface area contributed by atoms with Crippen LogP contribution in [0.5, 0.6) is 0 Å². The van der Waals surface area contributed by atoms with Crippen molar-refractivity contribution in [3.8, 4) is 0 Å². The van der Waals surface area contributed by atoms with Crippen molar-refractivity contribution in [3.05, 3.63) is 11.6 Å². The fourth-order valence-corrected chi connectivity index (χ4v) is 7.25. The van der Waals surface area contributed by atoms with Crippen LogP contribution in [-0.2, 0) is 14.2 Å². The van der Waals surface area contributed by atoms with Gasteiger partial charge in [-0.2, -0.15) is 0 Å². The Bertz CT molecular complexity index is 760. The molecule has 0 unspecified atom stereocenters. The van der Waals surface area contributed by atoms with Crippen molar-refractivity contribution >= 4 is 6.09 Å². The van der Waals surface area contributed by atoms with Gasteiger partial charge in [-0.1, -0.05) is 25.5 Å². The van der Waals surface area contributed by atoms with Crippen LogP contribution in [0.1, 0.15) is 66.7 Å². The van der Waals surface area contributed by atoms with Crippen LogP contribution in [0.15, 0.2) is 11.6 Å². The summed E-state index contributed by atoms with van der Waals surface area (Å²) in [5.41, 5.74) is 0.379. The Hall–Kier alpha value is -1.15. The summed E-state index contributed by atoms with van der Waals surface area (Å²) in [5, 5.41) is 10.2. The van der Waals surface area contributed by atoms with E-state index in [0.717, 1.165) is 58.3 Å². The fourth-order valence-electron chi connectivity index (χ4n) is 7.25. The van der Waals surface area contributed by atoms with Gasteiger partial charge < -0.3 is 29.1 Å². The Labute approximate surface area is 199 Å².